The summed E-state index contributed by atoms with van der Waals surface area (Å²) in [4.78, 5) is 0. The summed E-state index contributed by atoms with van der Waals surface area (Å²) in [6.45, 7) is 9.93. The molecule has 0 saturated carbocycles. The lowest BCUT2D eigenvalue weighted by Gasteiger charge is -2.13. The maximum Gasteiger partial charge on any atom is 0.276 e. The predicted molar refractivity (Wildman–Crippen MR) is 77.8 cm³/mol. The van der Waals surface area contributed by atoms with Crippen LogP contribution >= 0.6 is 0 Å². The smallest absolute Gasteiger partial charge is 0.276 e. The summed E-state index contributed by atoms with van der Waals surface area (Å²) >= 11 is 0. The molecule has 1 fully saturated rings. The van der Waals surface area contributed by atoms with Gasteiger partial charge >= 0.3 is 0 Å². The van der Waals surface area contributed by atoms with E-state index in [2.05, 4.69) is 19.2 Å². The van der Waals surface area contributed by atoms with Crippen LogP contribution in [0.1, 0.15) is 33.5 Å². The van der Waals surface area contributed by atoms with Crippen molar-refractivity contribution in [2.24, 2.45) is 11.8 Å². The molecule has 1 aromatic rings. The van der Waals surface area contributed by atoms with E-state index in [9.17, 15) is 8.42 Å². The van der Waals surface area contributed by atoms with Gasteiger partial charge in [-0.2, -0.15) is 4.31 Å². The van der Waals surface area contributed by atoms with Gasteiger partial charge in [0.05, 0.1) is 6.54 Å². The molecule has 2 unspecified atom stereocenters. The standard InChI is InChI=1S/C14H24N2O3S/c1-10(2)15-7-13-5-6-14(19-13)20(17,18)16-8-11(3)12(4)9-16/h5-6,10-12,15H,7-9H2,1-4H3. The first kappa shape index (κ1) is 15.5. The zero-order chi connectivity index (χ0) is 14.9. The average molecular weight is 300 g/mol. The SMILES string of the molecule is CC(C)NCc1ccc(S(=O)(=O)N2CC(C)C(C)C2)o1. The van der Waals surface area contributed by atoms with E-state index in [4.69, 9.17) is 4.42 Å². The third-order valence-electron chi connectivity index (χ3n) is 3.87. The minimum Gasteiger partial charge on any atom is -0.447 e. The highest BCUT2D eigenvalue weighted by molar-refractivity contribution is 7.89. The summed E-state index contributed by atoms with van der Waals surface area (Å²) in [6, 6.07) is 3.62. The number of nitrogens with zero attached hydrogens (tertiary/aromatic N) is 1. The molecule has 1 aromatic heterocycles. The lowest BCUT2D eigenvalue weighted by atomic mass is 10.0. The first-order chi connectivity index (χ1) is 9.30. The Morgan fingerprint density at radius 3 is 2.45 bits per heavy atom. The van der Waals surface area contributed by atoms with Gasteiger partial charge in [0, 0.05) is 19.1 Å². The minimum absolute atomic E-state index is 0.0550. The zero-order valence-electron chi connectivity index (χ0n) is 12.6. The molecule has 5 nitrogen and oxygen atoms in total. The topological polar surface area (TPSA) is 62.6 Å². The third kappa shape index (κ3) is 3.24. The van der Waals surface area contributed by atoms with Crippen molar-refractivity contribution in [2.45, 2.75) is 45.4 Å². The highest BCUT2D eigenvalue weighted by Crippen LogP contribution is 2.28. The Morgan fingerprint density at radius 2 is 1.90 bits per heavy atom. The zero-order valence-corrected chi connectivity index (χ0v) is 13.4. The molecule has 20 heavy (non-hydrogen) atoms. The van der Waals surface area contributed by atoms with Crippen molar-refractivity contribution >= 4 is 10.0 Å². The lowest BCUT2D eigenvalue weighted by Crippen LogP contribution is -2.28. The highest BCUT2D eigenvalue weighted by atomic mass is 32.2. The van der Waals surface area contributed by atoms with Gasteiger partial charge in [0.25, 0.3) is 10.0 Å². The summed E-state index contributed by atoms with van der Waals surface area (Å²) in [6.07, 6.45) is 0. The molecule has 1 aliphatic rings. The van der Waals surface area contributed by atoms with Gasteiger partial charge in [-0.25, -0.2) is 8.42 Å². The van der Waals surface area contributed by atoms with Crippen molar-refractivity contribution in [2.75, 3.05) is 13.1 Å². The predicted octanol–water partition coefficient (Wildman–Crippen LogP) is 2.05. The van der Waals surface area contributed by atoms with E-state index >= 15 is 0 Å². The van der Waals surface area contributed by atoms with Crippen LogP contribution in [0.3, 0.4) is 0 Å². The maximum absolute atomic E-state index is 12.5. The molecule has 2 atom stereocenters. The van der Waals surface area contributed by atoms with Gasteiger partial charge in [-0.15, -0.1) is 0 Å². The number of rotatable bonds is 5. The van der Waals surface area contributed by atoms with Crippen molar-refractivity contribution in [1.29, 1.82) is 0 Å². The Kier molecular flexibility index (Phi) is 4.56. The summed E-state index contributed by atoms with van der Waals surface area (Å²) < 4.78 is 32.0. The molecule has 0 spiro atoms. The summed E-state index contributed by atoms with van der Waals surface area (Å²) in [7, 11) is -3.48. The molecule has 0 bridgehead atoms. The van der Waals surface area contributed by atoms with Crippen LogP contribution in [0.15, 0.2) is 21.6 Å². The Bertz CT molecular complexity index is 541. The highest BCUT2D eigenvalue weighted by Gasteiger charge is 2.36. The Labute approximate surface area is 121 Å². The Balaban J connectivity index is 2.10. The molecule has 0 aromatic carbocycles. The number of hydrogen-bond donors (Lipinski definition) is 1. The van der Waals surface area contributed by atoms with Gasteiger partial charge in [-0.3, -0.25) is 0 Å². The lowest BCUT2D eigenvalue weighted by molar-refractivity contribution is 0.374. The molecular weight excluding hydrogens is 276 g/mol. The Hall–Kier alpha value is -0.850. The van der Waals surface area contributed by atoms with Crippen LogP contribution in [0.4, 0.5) is 0 Å². The van der Waals surface area contributed by atoms with E-state index in [0.29, 0.717) is 43.3 Å². The second-order valence-corrected chi connectivity index (χ2v) is 7.90. The second kappa shape index (κ2) is 5.87. The second-order valence-electron chi connectivity index (χ2n) is 6.03. The molecule has 2 rings (SSSR count). The molecule has 114 valence electrons. The van der Waals surface area contributed by atoms with E-state index in [1.54, 1.807) is 12.1 Å². The van der Waals surface area contributed by atoms with Gasteiger partial charge in [0.1, 0.15) is 5.76 Å². The van der Waals surface area contributed by atoms with Crippen LogP contribution < -0.4 is 5.32 Å². The van der Waals surface area contributed by atoms with Crippen LogP contribution in [-0.4, -0.2) is 31.9 Å². The fraction of sp³-hybridized carbons (Fsp3) is 0.714. The van der Waals surface area contributed by atoms with E-state index in [0.717, 1.165) is 0 Å². The molecule has 0 amide bonds. The van der Waals surface area contributed by atoms with Gasteiger partial charge in [0.2, 0.25) is 5.09 Å². The molecule has 2 heterocycles. The molecule has 0 radical (unpaired) electrons. The molecule has 1 saturated heterocycles. The van der Waals surface area contributed by atoms with E-state index < -0.39 is 10.0 Å². The Morgan fingerprint density at radius 1 is 1.30 bits per heavy atom. The number of furan rings is 1. The molecule has 1 aliphatic heterocycles. The van der Waals surface area contributed by atoms with Gasteiger partial charge in [-0.05, 0) is 24.0 Å². The largest absolute Gasteiger partial charge is 0.447 e. The van der Waals surface area contributed by atoms with Crippen molar-refractivity contribution in [1.82, 2.24) is 9.62 Å². The van der Waals surface area contributed by atoms with Crippen LogP contribution in [0.5, 0.6) is 0 Å². The molecule has 0 aliphatic carbocycles. The van der Waals surface area contributed by atoms with E-state index in [1.807, 2.05) is 13.8 Å². The van der Waals surface area contributed by atoms with Crippen LogP contribution in [-0.2, 0) is 16.6 Å². The van der Waals surface area contributed by atoms with E-state index in [-0.39, 0.29) is 5.09 Å². The van der Waals surface area contributed by atoms with Crippen molar-refractivity contribution in [3.63, 3.8) is 0 Å². The average Bonchev–Trinajstić information content (AvgIpc) is 2.95. The minimum atomic E-state index is -3.48. The van der Waals surface area contributed by atoms with Crippen molar-refractivity contribution in [3.05, 3.63) is 17.9 Å². The summed E-state index contributed by atoms with van der Waals surface area (Å²) in [5.74, 6) is 1.43. The van der Waals surface area contributed by atoms with Crippen LogP contribution in [0.2, 0.25) is 0 Å². The van der Waals surface area contributed by atoms with Crippen molar-refractivity contribution < 1.29 is 12.8 Å². The first-order valence-corrected chi connectivity index (χ1v) is 8.57. The summed E-state index contributed by atoms with van der Waals surface area (Å²) in [5, 5.41) is 3.26. The normalized spacial score (nSPS) is 24.6. The third-order valence-corrected chi connectivity index (χ3v) is 5.58. The fourth-order valence-corrected chi connectivity index (χ4v) is 3.87. The van der Waals surface area contributed by atoms with Crippen LogP contribution in [0.25, 0.3) is 0 Å². The molecule has 1 N–H and O–H groups in total. The van der Waals surface area contributed by atoms with Gasteiger partial charge < -0.3 is 9.73 Å². The first-order valence-electron chi connectivity index (χ1n) is 7.13. The quantitative estimate of drug-likeness (QED) is 0.904. The summed E-state index contributed by atoms with van der Waals surface area (Å²) in [5.41, 5.74) is 0. The van der Waals surface area contributed by atoms with Gasteiger partial charge in [0.15, 0.2) is 0 Å². The number of hydrogen-bond acceptors (Lipinski definition) is 4. The fourth-order valence-electron chi connectivity index (χ4n) is 2.30. The number of sulfonamides is 1. The monoisotopic (exact) mass is 300 g/mol. The number of nitrogens with one attached hydrogen (secondary N) is 1. The van der Waals surface area contributed by atoms with Gasteiger partial charge in [-0.1, -0.05) is 27.7 Å². The molecule has 6 heteroatoms. The van der Waals surface area contributed by atoms with Crippen molar-refractivity contribution in [3.8, 4) is 0 Å². The molecular formula is C14H24N2O3S. The van der Waals surface area contributed by atoms with Crippen LogP contribution in [0, 0.1) is 11.8 Å². The van der Waals surface area contributed by atoms with E-state index in [1.165, 1.54) is 4.31 Å². The maximum atomic E-state index is 12.5.